The van der Waals surface area contributed by atoms with Crippen LogP contribution >= 0.6 is 11.1 Å². The van der Waals surface area contributed by atoms with Crippen LogP contribution in [0.4, 0.5) is 0 Å². The molecule has 1 rings (SSSR count). The topological polar surface area (TPSA) is 60.7 Å². The molecule has 11 heavy (non-hydrogen) atoms. The molecule has 0 bridgehead atoms. The maximum Gasteiger partial charge on any atom is 0.361 e. The molecule has 0 aliphatic rings. The molecule has 1 radical (unpaired) electrons. The van der Waals surface area contributed by atoms with Crippen molar-refractivity contribution in [3.8, 4) is 11.5 Å². The Morgan fingerprint density at radius 1 is 1.27 bits per heavy atom. The van der Waals surface area contributed by atoms with Gasteiger partial charge in [-0.05, 0) is 6.07 Å². The number of hydrogen-bond donors (Lipinski definition) is 3. The number of phenolic OH excluding ortho intramolecular Hbond substituents is 2. The first-order valence-electron chi connectivity index (χ1n) is 2.85. The molecule has 0 spiro atoms. The Morgan fingerprint density at radius 3 is 2.36 bits per heavy atom. The summed E-state index contributed by atoms with van der Waals surface area (Å²) in [5.41, 5.74) is 0. The van der Waals surface area contributed by atoms with Gasteiger partial charge in [0.15, 0.2) is 11.5 Å². The number of phenols is 2. The lowest BCUT2D eigenvalue weighted by Gasteiger charge is -2.03. The van der Waals surface area contributed by atoms with Crippen LogP contribution in [0.3, 0.4) is 0 Å². The zero-order valence-electron chi connectivity index (χ0n) is 5.45. The van der Waals surface area contributed by atoms with Crippen molar-refractivity contribution in [2.24, 2.45) is 0 Å². The van der Waals surface area contributed by atoms with Gasteiger partial charge in [-0.15, -0.1) is 11.1 Å². The summed E-state index contributed by atoms with van der Waals surface area (Å²) in [6.45, 7) is 0. The minimum Gasteiger partial charge on any atom is -0.504 e. The van der Waals surface area contributed by atoms with Gasteiger partial charge in [-0.3, -0.25) is 0 Å². The monoisotopic (exact) mass is 189 g/mol. The summed E-state index contributed by atoms with van der Waals surface area (Å²) in [6.07, 6.45) is 0. The highest BCUT2D eigenvalue weighted by Crippen LogP contribution is 2.21. The minimum atomic E-state index is -2.20. The summed E-state index contributed by atoms with van der Waals surface area (Å²) in [6, 6.07) is 4.30. The van der Waals surface area contributed by atoms with Gasteiger partial charge in [0.05, 0.1) is 0 Å². The van der Waals surface area contributed by atoms with Gasteiger partial charge in [0.1, 0.15) is 0 Å². The fraction of sp³-hybridized carbons (Fsp3) is 0. The average Bonchev–Trinajstić information content (AvgIpc) is 1.94. The van der Waals surface area contributed by atoms with Crippen molar-refractivity contribution in [1.82, 2.24) is 0 Å². The lowest BCUT2D eigenvalue weighted by atomic mass is 10.3. The lowest BCUT2D eigenvalue weighted by molar-refractivity contribution is 0.406. The van der Waals surface area contributed by atoms with Crippen molar-refractivity contribution in [1.29, 1.82) is 0 Å². The predicted molar refractivity (Wildman–Crippen MR) is 43.2 cm³/mol. The largest absolute Gasteiger partial charge is 0.504 e. The molecule has 5 heteroatoms. The number of halogens is 1. The second-order valence-electron chi connectivity index (χ2n) is 1.96. The Balaban J connectivity index is 3.17. The van der Waals surface area contributed by atoms with Gasteiger partial charge in [0.2, 0.25) is 0 Å². The number of hydrogen-bond acceptors (Lipinski definition) is 3. The van der Waals surface area contributed by atoms with E-state index in [1.165, 1.54) is 18.2 Å². The second-order valence-corrected chi connectivity index (χ2v) is 4.16. The normalized spacial score (nSPS) is 10.5. The van der Waals surface area contributed by atoms with Crippen molar-refractivity contribution < 1.29 is 15.0 Å². The molecule has 0 amide bonds. The molecule has 0 aliphatic carbocycles. The summed E-state index contributed by atoms with van der Waals surface area (Å²) in [5, 5.41) is 18.2. The molecule has 0 heterocycles. The summed E-state index contributed by atoms with van der Waals surface area (Å²) < 4.78 is 0. The molecule has 0 unspecified atom stereocenters. The molecule has 1 aromatic carbocycles. The van der Waals surface area contributed by atoms with Crippen LogP contribution in [0, 0.1) is 0 Å². The van der Waals surface area contributed by atoms with Crippen LogP contribution in [0.15, 0.2) is 18.2 Å². The fourth-order valence-corrected chi connectivity index (χ4v) is 1.71. The highest BCUT2D eigenvalue weighted by atomic mass is 35.6. The Bertz CT molecular complexity index is 264. The fourth-order valence-electron chi connectivity index (χ4n) is 0.698. The van der Waals surface area contributed by atoms with Crippen LogP contribution < -0.4 is 5.19 Å². The van der Waals surface area contributed by atoms with Crippen LogP contribution in [0.5, 0.6) is 11.5 Å². The van der Waals surface area contributed by atoms with Crippen molar-refractivity contribution >= 4 is 24.6 Å². The first kappa shape index (κ1) is 8.38. The van der Waals surface area contributed by atoms with Crippen LogP contribution in [0.1, 0.15) is 0 Å². The SMILES string of the molecule is Oc1cccc([Si](O)Cl)c1O. The Morgan fingerprint density at radius 2 is 1.91 bits per heavy atom. The van der Waals surface area contributed by atoms with Crippen molar-refractivity contribution in [2.75, 3.05) is 0 Å². The quantitative estimate of drug-likeness (QED) is 0.332. The number of benzene rings is 1. The molecule has 59 valence electrons. The maximum atomic E-state index is 9.10. The van der Waals surface area contributed by atoms with Crippen molar-refractivity contribution in [3.63, 3.8) is 0 Å². The van der Waals surface area contributed by atoms with E-state index < -0.39 is 8.35 Å². The zero-order valence-corrected chi connectivity index (χ0v) is 7.21. The Kier molecular flexibility index (Phi) is 2.38. The third kappa shape index (κ3) is 1.65. The molecule has 0 saturated carbocycles. The van der Waals surface area contributed by atoms with E-state index in [0.717, 1.165) is 0 Å². The molecule has 0 fully saturated rings. The third-order valence-electron chi connectivity index (χ3n) is 1.24. The van der Waals surface area contributed by atoms with E-state index in [0.29, 0.717) is 0 Å². The van der Waals surface area contributed by atoms with Gasteiger partial charge in [0, 0.05) is 5.19 Å². The molecule has 0 aliphatic heterocycles. The molecule has 3 nitrogen and oxygen atoms in total. The van der Waals surface area contributed by atoms with Crippen LogP contribution in [0.25, 0.3) is 0 Å². The summed E-state index contributed by atoms with van der Waals surface area (Å²) in [7, 11) is -2.20. The summed E-state index contributed by atoms with van der Waals surface area (Å²) in [4.78, 5) is 8.93. The highest BCUT2D eigenvalue weighted by molar-refractivity contribution is 7.10. The molecule has 0 atom stereocenters. The zero-order chi connectivity index (χ0) is 8.43. The van der Waals surface area contributed by atoms with Crippen LogP contribution in [-0.4, -0.2) is 23.4 Å². The predicted octanol–water partition coefficient (Wildman–Crippen LogP) is 0.0241. The van der Waals surface area contributed by atoms with E-state index >= 15 is 0 Å². The van der Waals surface area contributed by atoms with Crippen LogP contribution in [-0.2, 0) is 0 Å². The molecular weight excluding hydrogens is 184 g/mol. The van der Waals surface area contributed by atoms with Crippen molar-refractivity contribution in [2.45, 2.75) is 0 Å². The van der Waals surface area contributed by atoms with Gasteiger partial charge in [-0.1, -0.05) is 12.1 Å². The first-order chi connectivity index (χ1) is 5.13. The standard InChI is InChI=1S/C6H6ClO3Si/c7-11(10)5-3-1-2-4(8)6(5)9/h1-3,8-10H. The molecule has 1 aromatic rings. The van der Waals surface area contributed by atoms with Crippen LogP contribution in [0.2, 0.25) is 0 Å². The molecule has 3 N–H and O–H groups in total. The number of rotatable bonds is 1. The van der Waals surface area contributed by atoms with E-state index in [1.807, 2.05) is 0 Å². The Hall–Kier alpha value is -0.713. The van der Waals surface area contributed by atoms with Gasteiger partial charge < -0.3 is 15.0 Å². The van der Waals surface area contributed by atoms with Gasteiger partial charge in [-0.25, -0.2) is 0 Å². The molecular formula is C6H6ClO3Si. The average molecular weight is 190 g/mol. The van der Waals surface area contributed by atoms with Gasteiger partial charge in [0.25, 0.3) is 0 Å². The second kappa shape index (κ2) is 3.12. The first-order valence-corrected chi connectivity index (χ1v) is 5.31. The number of para-hydroxylation sites is 1. The van der Waals surface area contributed by atoms with Gasteiger partial charge >= 0.3 is 8.35 Å². The van der Waals surface area contributed by atoms with E-state index in [-0.39, 0.29) is 16.7 Å². The van der Waals surface area contributed by atoms with Crippen molar-refractivity contribution in [3.05, 3.63) is 18.2 Å². The van der Waals surface area contributed by atoms with E-state index in [2.05, 4.69) is 0 Å². The summed E-state index contributed by atoms with van der Waals surface area (Å²) >= 11 is 5.37. The summed E-state index contributed by atoms with van der Waals surface area (Å²) in [5.74, 6) is -0.599. The molecule has 0 saturated heterocycles. The third-order valence-corrected chi connectivity index (χ3v) is 2.70. The minimum absolute atomic E-state index is 0.205. The number of aromatic hydroxyl groups is 2. The van der Waals surface area contributed by atoms with E-state index in [9.17, 15) is 0 Å². The smallest absolute Gasteiger partial charge is 0.361 e. The maximum absolute atomic E-state index is 9.10. The van der Waals surface area contributed by atoms with Gasteiger partial charge in [-0.2, -0.15) is 0 Å². The highest BCUT2D eigenvalue weighted by Gasteiger charge is 2.15. The van der Waals surface area contributed by atoms with E-state index in [1.54, 1.807) is 0 Å². The van der Waals surface area contributed by atoms with E-state index in [4.69, 9.17) is 26.1 Å². The molecule has 0 aromatic heterocycles. The Labute approximate surface area is 69.9 Å². The lowest BCUT2D eigenvalue weighted by Crippen LogP contribution is -2.23.